The lowest BCUT2D eigenvalue weighted by Gasteiger charge is -2.40. The predicted octanol–water partition coefficient (Wildman–Crippen LogP) is 12.0. The molecule has 9 aromatic rings. The van der Waals surface area contributed by atoms with Crippen LogP contribution in [0.15, 0.2) is 188 Å². The average molecular weight is 674 g/mol. The van der Waals surface area contributed by atoms with Crippen molar-refractivity contribution in [1.82, 2.24) is 15.0 Å². The number of rotatable bonds is 4. The van der Waals surface area contributed by atoms with Gasteiger partial charge in [-0.25, -0.2) is 15.0 Å². The van der Waals surface area contributed by atoms with Gasteiger partial charge in [-0.2, -0.15) is 0 Å². The highest BCUT2D eigenvalue weighted by atomic mass is 15.0. The van der Waals surface area contributed by atoms with E-state index < -0.39 is 5.41 Å². The van der Waals surface area contributed by atoms with E-state index in [2.05, 4.69) is 127 Å². The van der Waals surface area contributed by atoms with E-state index in [4.69, 9.17) is 15.0 Å². The van der Waals surface area contributed by atoms with Gasteiger partial charge in [-0.15, -0.1) is 0 Å². The minimum Gasteiger partial charge on any atom is -0.208 e. The summed E-state index contributed by atoms with van der Waals surface area (Å²) < 4.78 is 0. The molecule has 0 saturated carbocycles. The lowest BCUT2D eigenvalue weighted by atomic mass is 9.61. The minimum absolute atomic E-state index is 0.465. The van der Waals surface area contributed by atoms with Gasteiger partial charge in [0.15, 0.2) is 17.5 Å². The molecule has 0 unspecified atom stereocenters. The van der Waals surface area contributed by atoms with Crippen molar-refractivity contribution in [2.75, 3.05) is 0 Å². The molecule has 0 N–H and O–H groups in total. The molecule has 1 spiro atoms. The van der Waals surface area contributed by atoms with Crippen molar-refractivity contribution in [3.63, 3.8) is 0 Å². The fraction of sp³-hybridized carbons (Fsp3) is 0.0200. The molecule has 1 heterocycles. The van der Waals surface area contributed by atoms with Gasteiger partial charge >= 0.3 is 0 Å². The molecule has 2 aliphatic rings. The van der Waals surface area contributed by atoms with Crippen molar-refractivity contribution >= 4 is 10.8 Å². The van der Waals surface area contributed by atoms with E-state index in [-0.39, 0.29) is 0 Å². The standard InChI is InChI=1S/C50H31N3/c1-3-14-33(15-4-1)47-51-48(34-16-5-2-6-17-34)53-49(52-47)37-21-11-20-35(30-37)36-28-29-40-41-24-12-18-32-19-13-27-44(46(32)41)50(45(40)31-36)42-25-9-7-22-38(42)39-23-8-10-26-43(39)50/h1-31H. The van der Waals surface area contributed by atoms with Crippen molar-refractivity contribution in [3.05, 3.63) is 210 Å². The van der Waals surface area contributed by atoms with Crippen molar-refractivity contribution in [2.24, 2.45) is 0 Å². The highest BCUT2D eigenvalue weighted by molar-refractivity contribution is 6.07. The Balaban J connectivity index is 1.13. The van der Waals surface area contributed by atoms with Crippen molar-refractivity contribution in [1.29, 1.82) is 0 Å². The Kier molecular flexibility index (Phi) is 6.47. The summed E-state index contributed by atoms with van der Waals surface area (Å²) in [7, 11) is 0. The summed E-state index contributed by atoms with van der Waals surface area (Å²) in [6.07, 6.45) is 0. The zero-order valence-corrected chi connectivity index (χ0v) is 28.7. The Morgan fingerprint density at radius 2 is 0.736 bits per heavy atom. The van der Waals surface area contributed by atoms with Gasteiger partial charge in [0.2, 0.25) is 0 Å². The second-order valence-electron chi connectivity index (χ2n) is 13.9. The molecular weight excluding hydrogens is 643 g/mol. The van der Waals surface area contributed by atoms with E-state index in [0.29, 0.717) is 17.5 Å². The van der Waals surface area contributed by atoms with Crippen LogP contribution in [0.3, 0.4) is 0 Å². The van der Waals surface area contributed by atoms with Crippen LogP contribution in [-0.2, 0) is 5.41 Å². The van der Waals surface area contributed by atoms with E-state index in [1.165, 1.54) is 55.3 Å². The maximum Gasteiger partial charge on any atom is 0.164 e. The summed E-state index contributed by atoms with van der Waals surface area (Å²) in [6, 6.07) is 67.6. The van der Waals surface area contributed by atoms with Crippen molar-refractivity contribution in [2.45, 2.75) is 5.41 Å². The zero-order valence-electron chi connectivity index (χ0n) is 28.7. The number of benzene rings is 8. The molecule has 8 aromatic carbocycles. The molecule has 0 radical (unpaired) electrons. The maximum absolute atomic E-state index is 5.04. The molecule has 0 bridgehead atoms. The van der Waals surface area contributed by atoms with Crippen LogP contribution in [0.5, 0.6) is 0 Å². The second-order valence-corrected chi connectivity index (χ2v) is 13.9. The van der Waals surface area contributed by atoms with E-state index >= 15 is 0 Å². The Morgan fingerprint density at radius 3 is 1.40 bits per heavy atom. The van der Waals surface area contributed by atoms with Gasteiger partial charge in [0.25, 0.3) is 0 Å². The smallest absolute Gasteiger partial charge is 0.164 e. The average Bonchev–Trinajstić information content (AvgIpc) is 3.54. The number of fused-ring (bicyclic) bond motifs is 9. The van der Waals surface area contributed by atoms with Gasteiger partial charge in [0.05, 0.1) is 5.41 Å². The highest BCUT2D eigenvalue weighted by Crippen LogP contribution is 2.62. The molecule has 0 fully saturated rings. The molecule has 11 rings (SSSR count). The topological polar surface area (TPSA) is 38.7 Å². The van der Waals surface area contributed by atoms with Crippen LogP contribution in [0.1, 0.15) is 22.3 Å². The van der Waals surface area contributed by atoms with Gasteiger partial charge in [0, 0.05) is 16.7 Å². The fourth-order valence-corrected chi connectivity index (χ4v) is 8.88. The van der Waals surface area contributed by atoms with Crippen LogP contribution in [0.4, 0.5) is 0 Å². The van der Waals surface area contributed by atoms with Crippen LogP contribution in [-0.4, -0.2) is 15.0 Å². The Bertz CT molecular complexity index is 2790. The third-order valence-corrected chi connectivity index (χ3v) is 11.1. The number of hydrogen-bond donors (Lipinski definition) is 0. The molecule has 1 aromatic heterocycles. The fourth-order valence-electron chi connectivity index (χ4n) is 8.88. The first kappa shape index (κ1) is 29.7. The first-order valence-corrected chi connectivity index (χ1v) is 18.1. The number of aromatic nitrogens is 3. The third kappa shape index (κ3) is 4.38. The largest absolute Gasteiger partial charge is 0.208 e. The van der Waals surface area contributed by atoms with Crippen LogP contribution in [0, 0.1) is 0 Å². The molecule has 0 atom stereocenters. The zero-order chi connectivity index (χ0) is 34.9. The maximum atomic E-state index is 5.04. The molecule has 53 heavy (non-hydrogen) atoms. The van der Waals surface area contributed by atoms with Gasteiger partial charge in [0.1, 0.15) is 0 Å². The van der Waals surface area contributed by atoms with Gasteiger partial charge < -0.3 is 0 Å². The van der Waals surface area contributed by atoms with Crippen LogP contribution in [0.2, 0.25) is 0 Å². The molecule has 3 nitrogen and oxygen atoms in total. The third-order valence-electron chi connectivity index (χ3n) is 11.1. The van der Waals surface area contributed by atoms with Crippen molar-refractivity contribution in [3.8, 4) is 67.5 Å². The first-order chi connectivity index (χ1) is 26.3. The predicted molar refractivity (Wildman–Crippen MR) is 215 cm³/mol. The van der Waals surface area contributed by atoms with Crippen LogP contribution in [0.25, 0.3) is 78.3 Å². The summed E-state index contributed by atoms with van der Waals surface area (Å²) in [4.78, 5) is 15.0. The Labute approximate surface area is 308 Å². The molecule has 2 aliphatic carbocycles. The van der Waals surface area contributed by atoms with Crippen LogP contribution < -0.4 is 0 Å². The molecule has 3 heteroatoms. The monoisotopic (exact) mass is 673 g/mol. The number of hydrogen-bond acceptors (Lipinski definition) is 3. The lowest BCUT2D eigenvalue weighted by Crippen LogP contribution is -2.31. The summed E-state index contributed by atoms with van der Waals surface area (Å²) in [6.45, 7) is 0. The van der Waals surface area contributed by atoms with Crippen molar-refractivity contribution < 1.29 is 0 Å². The van der Waals surface area contributed by atoms with E-state index in [9.17, 15) is 0 Å². The summed E-state index contributed by atoms with van der Waals surface area (Å²) >= 11 is 0. The quantitative estimate of drug-likeness (QED) is 0.187. The first-order valence-electron chi connectivity index (χ1n) is 18.1. The highest BCUT2D eigenvalue weighted by Gasteiger charge is 2.50. The molecule has 0 aliphatic heterocycles. The second kappa shape index (κ2) is 11.5. The Hall–Kier alpha value is -6.97. The summed E-state index contributed by atoms with van der Waals surface area (Å²) in [5.41, 5.74) is 15.1. The van der Waals surface area contributed by atoms with Gasteiger partial charge in [-0.3, -0.25) is 0 Å². The van der Waals surface area contributed by atoms with E-state index in [1.807, 2.05) is 60.7 Å². The molecule has 0 amide bonds. The molecular formula is C50H31N3. The summed E-state index contributed by atoms with van der Waals surface area (Å²) in [5, 5.41) is 2.60. The normalized spacial score (nSPS) is 13.1. The van der Waals surface area contributed by atoms with E-state index in [0.717, 1.165) is 27.8 Å². The lowest BCUT2D eigenvalue weighted by molar-refractivity contribution is 0.774. The molecule has 0 saturated heterocycles. The minimum atomic E-state index is -0.465. The number of nitrogens with zero attached hydrogens (tertiary/aromatic N) is 3. The molecule has 246 valence electrons. The van der Waals surface area contributed by atoms with Gasteiger partial charge in [-0.1, -0.05) is 176 Å². The van der Waals surface area contributed by atoms with Crippen LogP contribution >= 0.6 is 0 Å². The van der Waals surface area contributed by atoms with Gasteiger partial charge in [-0.05, 0) is 78.5 Å². The van der Waals surface area contributed by atoms with E-state index in [1.54, 1.807) is 0 Å². The Morgan fingerprint density at radius 1 is 0.283 bits per heavy atom. The SMILES string of the molecule is c1ccc(-c2nc(-c3ccccc3)nc(-c3cccc(-c4ccc5c(c4)C4(c6ccccc6-c6ccccc64)c4cccc6cccc-5c46)c3)n2)cc1. The summed E-state index contributed by atoms with van der Waals surface area (Å²) in [5.74, 6) is 1.96.